The van der Waals surface area contributed by atoms with Crippen molar-refractivity contribution >= 4 is 11.7 Å². The van der Waals surface area contributed by atoms with Crippen molar-refractivity contribution in [3.8, 4) is 0 Å². The number of nitrogens with zero attached hydrogens (tertiary/aromatic N) is 3. The molecule has 0 bridgehead atoms. The number of azide groups is 1. The molecule has 0 saturated carbocycles. The van der Waals surface area contributed by atoms with Crippen molar-refractivity contribution < 1.29 is 9.53 Å². The highest BCUT2D eigenvalue weighted by atomic mass is 16.5. The van der Waals surface area contributed by atoms with E-state index in [-0.39, 0.29) is 11.9 Å². The van der Waals surface area contributed by atoms with Crippen LogP contribution in [-0.4, -0.2) is 12.6 Å². The fourth-order valence-corrected chi connectivity index (χ4v) is 1.35. The van der Waals surface area contributed by atoms with E-state index in [2.05, 4.69) is 10.0 Å². The van der Waals surface area contributed by atoms with Gasteiger partial charge in [0.1, 0.15) is 0 Å². The summed E-state index contributed by atoms with van der Waals surface area (Å²) in [5.74, 6) is -0.537. The molecule has 0 N–H and O–H groups in total. The van der Waals surface area contributed by atoms with Crippen molar-refractivity contribution in [2.45, 2.75) is 26.2 Å². The minimum Gasteiger partial charge on any atom is -0.465 e. The Balaban J connectivity index is 2.71. The third kappa shape index (κ3) is 3.81. The molecule has 1 aromatic rings. The Kier molecular flexibility index (Phi) is 5.04. The molecule has 1 aromatic carbocycles. The van der Waals surface area contributed by atoms with Gasteiger partial charge >= 0.3 is 5.97 Å². The van der Waals surface area contributed by atoms with Crippen LogP contribution in [0, 0.1) is 0 Å². The second kappa shape index (κ2) is 6.55. The Morgan fingerprint density at radius 1 is 1.47 bits per heavy atom. The van der Waals surface area contributed by atoms with Crippen molar-refractivity contribution in [3.63, 3.8) is 0 Å². The van der Waals surface area contributed by atoms with Gasteiger partial charge < -0.3 is 4.74 Å². The molecule has 1 atom stereocenters. The van der Waals surface area contributed by atoms with Crippen LogP contribution in [0.3, 0.4) is 0 Å². The lowest BCUT2D eigenvalue weighted by Crippen LogP contribution is -2.13. The zero-order valence-electron chi connectivity index (χ0n) is 9.96. The van der Waals surface area contributed by atoms with E-state index in [9.17, 15) is 4.79 Å². The molecule has 0 aliphatic heterocycles. The average molecular weight is 233 g/mol. The van der Waals surface area contributed by atoms with Crippen LogP contribution >= 0.6 is 0 Å². The summed E-state index contributed by atoms with van der Waals surface area (Å²) in [4.78, 5) is 14.3. The molecule has 5 nitrogen and oxygen atoms in total. The van der Waals surface area contributed by atoms with Gasteiger partial charge in [0.25, 0.3) is 0 Å². The molecule has 0 aromatic heterocycles. The molecule has 0 aliphatic carbocycles. The van der Waals surface area contributed by atoms with Gasteiger partial charge in [-0.05, 0) is 24.4 Å². The topological polar surface area (TPSA) is 75.1 Å². The molecule has 0 saturated heterocycles. The molecule has 5 heteroatoms. The van der Waals surface area contributed by atoms with E-state index in [1.807, 2.05) is 6.92 Å². The minimum atomic E-state index is -0.304. The molecule has 0 aliphatic rings. The van der Waals surface area contributed by atoms with Crippen molar-refractivity contribution in [2.75, 3.05) is 6.61 Å². The SMILES string of the molecule is CCCOC(=O)C(C)c1ccc(N=[N+]=[N-])cc1. The van der Waals surface area contributed by atoms with E-state index < -0.39 is 0 Å². The first-order valence-electron chi connectivity index (χ1n) is 5.50. The Morgan fingerprint density at radius 3 is 2.65 bits per heavy atom. The van der Waals surface area contributed by atoms with Crippen molar-refractivity contribution in [1.29, 1.82) is 0 Å². The van der Waals surface area contributed by atoms with E-state index in [0.717, 1.165) is 12.0 Å². The number of ether oxygens (including phenoxy) is 1. The first-order chi connectivity index (χ1) is 8.19. The molecule has 0 amide bonds. The quantitative estimate of drug-likeness (QED) is 0.336. The zero-order valence-corrected chi connectivity index (χ0v) is 9.96. The highest BCUT2D eigenvalue weighted by molar-refractivity contribution is 5.77. The minimum absolute atomic E-state index is 0.233. The van der Waals surface area contributed by atoms with Gasteiger partial charge in [0, 0.05) is 10.6 Å². The summed E-state index contributed by atoms with van der Waals surface area (Å²) < 4.78 is 5.06. The number of esters is 1. The third-order valence-corrected chi connectivity index (χ3v) is 2.36. The van der Waals surface area contributed by atoms with Gasteiger partial charge in [0.2, 0.25) is 0 Å². The predicted molar refractivity (Wildman–Crippen MR) is 64.9 cm³/mol. The second-order valence-corrected chi connectivity index (χ2v) is 3.67. The van der Waals surface area contributed by atoms with Gasteiger partial charge in [0.15, 0.2) is 0 Å². The highest BCUT2D eigenvalue weighted by Crippen LogP contribution is 2.20. The summed E-state index contributed by atoms with van der Waals surface area (Å²) in [7, 11) is 0. The Bertz CT molecular complexity index is 422. The molecular formula is C12H15N3O2. The van der Waals surface area contributed by atoms with E-state index in [4.69, 9.17) is 10.3 Å². The summed E-state index contributed by atoms with van der Waals surface area (Å²) >= 11 is 0. The van der Waals surface area contributed by atoms with Crippen LogP contribution in [0.1, 0.15) is 31.7 Å². The summed E-state index contributed by atoms with van der Waals surface area (Å²) in [5.41, 5.74) is 9.65. The second-order valence-electron chi connectivity index (χ2n) is 3.67. The fourth-order valence-electron chi connectivity index (χ4n) is 1.35. The van der Waals surface area contributed by atoms with Gasteiger partial charge in [-0.1, -0.05) is 36.3 Å². The van der Waals surface area contributed by atoms with Gasteiger partial charge in [-0.3, -0.25) is 4.79 Å². The Morgan fingerprint density at radius 2 is 2.12 bits per heavy atom. The van der Waals surface area contributed by atoms with Gasteiger partial charge in [-0.15, -0.1) is 0 Å². The standard InChI is InChI=1S/C12H15N3O2/c1-3-8-17-12(16)9(2)10-4-6-11(7-5-10)14-15-13/h4-7,9H,3,8H2,1-2H3. The first-order valence-corrected chi connectivity index (χ1v) is 5.50. The van der Waals surface area contributed by atoms with Gasteiger partial charge in [0.05, 0.1) is 12.5 Å². The van der Waals surface area contributed by atoms with Crippen LogP contribution in [0.5, 0.6) is 0 Å². The van der Waals surface area contributed by atoms with Gasteiger partial charge in [-0.25, -0.2) is 0 Å². The Labute approximate surface area is 100 Å². The Hall–Kier alpha value is -2.00. The predicted octanol–water partition coefficient (Wildman–Crippen LogP) is 3.69. The van der Waals surface area contributed by atoms with E-state index in [0.29, 0.717) is 12.3 Å². The maximum atomic E-state index is 11.6. The number of carbonyl (C=O) groups is 1. The van der Waals surface area contributed by atoms with Crippen LogP contribution in [0.4, 0.5) is 5.69 Å². The molecule has 17 heavy (non-hydrogen) atoms. The number of hydrogen-bond donors (Lipinski definition) is 0. The summed E-state index contributed by atoms with van der Waals surface area (Å²) in [6, 6.07) is 6.89. The number of benzene rings is 1. The maximum absolute atomic E-state index is 11.6. The first kappa shape index (κ1) is 13.1. The van der Waals surface area contributed by atoms with E-state index in [1.54, 1.807) is 31.2 Å². The number of hydrogen-bond acceptors (Lipinski definition) is 3. The lowest BCUT2D eigenvalue weighted by Gasteiger charge is -2.11. The molecule has 0 radical (unpaired) electrons. The van der Waals surface area contributed by atoms with E-state index >= 15 is 0 Å². The van der Waals surface area contributed by atoms with Crippen LogP contribution in [0.2, 0.25) is 0 Å². The zero-order chi connectivity index (χ0) is 12.7. The third-order valence-electron chi connectivity index (χ3n) is 2.36. The fraction of sp³-hybridized carbons (Fsp3) is 0.417. The van der Waals surface area contributed by atoms with Crippen LogP contribution in [0.15, 0.2) is 29.4 Å². The lowest BCUT2D eigenvalue weighted by molar-refractivity contribution is -0.145. The molecule has 1 unspecified atom stereocenters. The maximum Gasteiger partial charge on any atom is 0.313 e. The lowest BCUT2D eigenvalue weighted by atomic mass is 10.0. The largest absolute Gasteiger partial charge is 0.465 e. The molecule has 0 fully saturated rings. The molecule has 0 heterocycles. The van der Waals surface area contributed by atoms with Crippen LogP contribution in [-0.2, 0) is 9.53 Å². The average Bonchev–Trinajstić information content (AvgIpc) is 2.36. The summed E-state index contributed by atoms with van der Waals surface area (Å²) in [5, 5.41) is 3.47. The smallest absolute Gasteiger partial charge is 0.313 e. The number of rotatable bonds is 5. The van der Waals surface area contributed by atoms with E-state index in [1.165, 1.54) is 0 Å². The number of carbonyl (C=O) groups excluding carboxylic acids is 1. The molecule has 0 spiro atoms. The summed E-state index contributed by atoms with van der Waals surface area (Å²) in [6.45, 7) is 4.19. The van der Waals surface area contributed by atoms with Crippen molar-refractivity contribution in [2.24, 2.45) is 5.11 Å². The van der Waals surface area contributed by atoms with Crippen molar-refractivity contribution in [3.05, 3.63) is 40.3 Å². The molecule has 1 rings (SSSR count). The monoisotopic (exact) mass is 233 g/mol. The van der Waals surface area contributed by atoms with Gasteiger partial charge in [-0.2, -0.15) is 0 Å². The van der Waals surface area contributed by atoms with Crippen LogP contribution in [0.25, 0.3) is 10.4 Å². The summed E-state index contributed by atoms with van der Waals surface area (Å²) in [6.07, 6.45) is 0.814. The normalized spacial score (nSPS) is 11.4. The molecular weight excluding hydrogens is 218 g/mol. The molecule has 90 valence electrons. The van der Waals surface area contributed by atoms with Crippen LogP contribution < -0.4 is 0 Å². The van der Waals surface area contributed by atoms with Crippen molar-refractivity contribution in [1.82, 2.24) is 0 Å². The highest BCUT2D eigenvalue weighted by Gasteiger charge is 2.15.